The van der Waals surface area contributed by atoms with Crippen LogP contribution in [0.2, 0.25) is 0 Å². The molecule has 0 bridgehead atoms. The second kappa shape index (κ2) is 9.33. The number of aromatic nitrogens is 6. The average Bonchev–Trinajstić information content (AvgIpc) is 3.62. The Morgan fingerprint density at radius 2 is 2.06 bits per heavy atom. The fourth-order valence-corrected chi connectivity index (χ4v) is 6.30. The van der Waals surface area contributed by atoms with E-state index in [0.717, 1.165) is 31.4 Å². The Hall–Kier alpha value is -3.23. The molecule has 5 heterocycles. The summed E-state index contributed by atoms with van der Waals surface area (Å²) in [5.41, 5.74) is 3.07. The van der Waals surface area contributed by atoms with E-state index in [1.54, 1.807) is 23.7 Å². The molecule has 0 spiro atoms. The van der Waals surface area contributed by atoms with Gasteiger partial charge in [0, 0.05) is 36.5 Å². The Balaban J connectivity index is 1.35. The van der Waals surface area contributed by atoms with Gasteiger partial charge in [-0.05, 0) is 19.4 Å². The summed E-state index contributed by atoms with van der Waals surface area (Å²) in [6.45, 7) is 2.13. The fourth-order valence-electron chi connectivity index (χ4n) is 4.55. The van der Waals surface area contributed by atoms with Crippen LogP contribution >= 0.6 is 22.7 Å². The van der Waals surface area contributed by atoms with Gasteiger partial charge in [-0.2, -0.15) is 4.98 Å². The lowest BCUT2D eigenvalue weighted by Gasteiger charge is -2.21. The minimum atomic E-state index is -1.04. The summed E-state index contributed by atoms with van der Waals surface area (Å²) in [7, 11) is 0. The highest BCUT2D eigenvalue weighted by molar-refractivity contribution is 7.21. The molecule has 36 heavy (non-hydrogen) atoms. The molecule has 186 valence electrons. The van der Waals surface area contributed by atoms with Gasteiger partial charge >= 0.3 is 0 Å². The van der Waals surface area contributed by atoms with Crippen LogP contribution in [0.25, 0.3) is 25.7 Å². The number of hydrogen-bond donors (Lipinski definition) is 5. The molecule has 0 saturated heterocycles. The number of aryl methyl sites for hydroxylation is 1. The van der Waals surface area contributed by atoms with Crippen LogP contribution in [-0.2, 0) is 6.54 Å². The van der Waals surface area contributed by atoms with Crippen molar-refractivity contribution >= 4 is 49.6 Å². The topological polar surface area (TPSA) is 154 Å². The molecule has 1 saturated carbocycles. The van der Waals surface area contributed by atoms with E-state index < -0.39 is 24.2 Å². The van der Waals surface area contributed by atoms with Gasteiger partial charge in [0.2, 0.25) is 5.95 Å². The molecular formula is C23H24N8O3S2. The lowest BCUT2D eigenvalue weighted by Crippen LogP contribution is -2.35. The van der Waals surface area contributed by atoms with Crippen LogP contribution < -0.4 is 10.6 Å². The first-order valence-corrected chi connectivity index (χ1v) is 13.2. The average molecular weight is 525 g/mol. The zero-order valence-corrected chi connectivity index (χ0v) is 20.9. The molecule has 0 amide bonds. The van der Waals surface area contributed by atoms with Crippen molar-refractivity contribution in [3.63, 3.8) is 0 Å². The lowest BCUT2D eigenvalue weighted by molar-refractivity contribution is 0.00446. The van der Waals surface area contributed by atoms with Crippen molar-refractivity contribution in [1.29, 1.82) is 0 Å². The standard InChI is InChI=1S/C23H24N8O3S2/c1-11-17(21-29-15-8-24-3-2-16(15)36-21)20(28-14-6-12(10-32)18(33)19(14)34)30-22(26-11)25-7-13-9-31-4-5-35-23(31)27-13/h2-5,8-9,12,14,18-19,32-34H,6-7,10H2,1H3,(H2,25,26,28,30)/t12-,14-,18-,19+/m1/s1. The summed E-state index contributed by atoms with van der Waals surface area (Å²) >= 11 is 3.07. The van der Waals surface area contributed by atoms with Crippen molar-refractivity contribution in [2.45, 2.75) is 38.1 Å². The molecule has 4 atom stereocenters. The summed E-state index contributed by atoms with van der Waals surface area (Å²) in [6.07, 6.45) is 5.71. The molecule has 1 aliphatic rings. The molecule has 13 heteroatoms. The largest absolute Gasteiger partial charge is 0.396 e. The van der Waals surface area contributed by atoms with E-state index >= 15 is 0 Å². The van der Waals surface area contributed by atoms with Gasteiger partial charge in [-0.1, -0.05) is 0 Å². The third kappa shape index (κ3) is 4.18. The molecule has 5 aromatic heterocycles. The predicted octanol–water partition coefficient (Wildman–Crippen LogP) is 2.29. The minimum absolute atomic E-state index is 0.203. The summed E-state index contributed by atoms with van der Waals surface area (Å²) < 4.78 is 2.96. The van der Waals surface area contributed by atoms with Crippen molar-refractivity contribution in [3.8, 4) is 10.6 Å². The second-order valence-corrected chi connectivity index (χ2v) is 10.7. The maximum atomic E-state index is 10.6. The first kappa shape index (κ1) is 23.2. The molecule has 0 aliphatic heterocycles. The highest BCUT2D eigenvalue weighted by Gasteiger charge is 2.41. The van der Waals surface area contributed by atoms with Gasteiger partial charge < -0.3 is 26.0 Å². The van der Waals surface area contributed by atoms with Crippen LogP contribution in [0.15, 0.2) is 36.2 Å². The molecule has 5 aromatic rings. The van der Waals surface area contributed by atoms with E-state index in [4.69, 9.17) is 9.97 Å². The second-order valence-electron chi connectivity index (χ2n) is 8.81. The molecule has 0 aromatic carbocycles. The Morgan fingerprint density at radius 1 is 1.17 bits per heavy atom. The SMILES string of the molecule is Cc1nc(NCc2cn3ccsc3n2)nc(N[C@@H]2C[C@H](CO)[C@@H](O)[C@H]2O)c1-c1nc2cnccc2s1. The summed E-state index contributed by atoms with van der Waals surface area (Å²) in [5, 5.41) is 39.8. The number of hydrogen-bond acceptors (Lipinski definition) is 12. The van der Waals surface area contributed by atoms with Gasteiger partial charge in [-0.3, -0.25) is 9.38 Å². The zero-order chi connectivity index (χ0) is 24.8. The number of aliphatic hydroxyl groups is 3. The summed E-state index contributed by atoms with van der Waals surface area (Å²) in [5.74, 6) is 0.493. The number of aliphatic hydroxyl groups excluding tert-OH is 3. The van der Waals surface area contributed by atoms with E-state index in [9.17, 15) is 15.3 Å². The number of thiazole rings is 2. The van der Waals surface area contributed by atoms with Crippen LogP contribution in [0.5, 0.6) is 0 Å². The number of imidazole rings is 1. The van der Waals surface area contributed by atoms with Crippen LogP contribution in [0, 0.1) is 12.8 Å². The van der Waals surface area contributed by atoms with Crippen molar-refractivity contribution in [2.24, 2.45) is 5.92 Å². The molecule has 11 nitrogen and oxygen atoms in total. The van der Waals surface area contributed by atoms with Crippen molar-refractivity contribution in [1.82, 2.24) is 29.3 Å². The third-order valence-corrected chi connectivity index (χ3v) is 8.25. The zero-order valence-electron chi connectivity index (χ0n) is 19.2. The van der Waals surface area contributed by atoms with E-state index in [0.29, 0.717) is 30.4 Å². The van der Waals surface area contributed by atoms with Gasteiger partial charge in [0.25, 0.3) is 0 Å². The number of anilines is 2. The highest BCUT2D eigenvalue weighted by atomic mass is 32.1. The number of rotatable bonds is 7. The normalized spacial score (nSPS) is 22.0. The van der Waals surface area contributed by atoms with Gasteiger partial charge in [-0.15, -0.1) is 22.7 Å². The van der Waals surface area contributed by atoms with Crippen LogP contribution in [0.4, 0.5) is 11.8 Å². The predicted molar refractivity (Wildman–Crippen MR) is 138 cm³/mol. The fraction of sp³-hybridized carbons (Fsp3) is 0.348. The Bertz CT molecular complexity index is 1470. The lowest BCUT2D eigenvalue weighted by atomic mass is 10.1. The maximum absolute atomic E-state index is 10.6. The number of pyridine rings is 1. The summed E-state index contributed by atoms with van der Waals surface area (Å²) in [6, 6.07) is 1.42. The van der Waals surface area contributed by atoms with Gasteiger partial charge in [0.1, 0.15) is 22.4 Å². The number of nitrogens with one attached hydrogen (secondary N) is 2. The van der Waals surface area contributed by atoms with Crippen LogP contribution in [-0.4, -0.2) is 69.5 Å². The molecule has 0 unspecified atom stereocenters. The first-order valence-electron chi connectivity index (χ1n) is 11.5. The van der Waals surface area contributed by atoms with Crippen molar-refractivity contribution in [2.75, 3.05) is 17.2 Å². The monoisotopic (exact) mass is 524 g/mol. The third-order valence-electron chi connectivity index (χ3n) is 6.42. The van der Waals surface area contributed by atoms with Gasteiger partial charge in [0.05, 0.1) is 46.5 Å². The quantitative estimate of drug-likeness (QED) is 0.214. The first-order chi connectivity index (χ1) is 17.5. The Morgan fingerprint density at radius 3 is 2.83 bits per heavy atom. The summed E-state index contributed by atoms with van der Waals surface area (Å²) in [4.78, 5) is 23.8. The van der Waals surface area contributed by atoms with Gasteiger partial charge in [-0.25, -0.2) is 15.0 Å². The van der Waals surface area contributed by atoms with E-state index in [-0.39, 0.29) is 6.61 Å². The molecule has 5 N–H and O–H groups in total. The van der Waals surface area contributed by atoms with E-state index in [1.165, 1.54) is 11.3 Å². The van der Waals surface area contributed by atoms with Crippen molar-refractivity contribution in [3.05, 3.63) is 47.6 Å². The van der Waals surface area contributed by atoms with Crippen LogP contribution in [0.3, 0.4) is 0 Å². The van der Waals surface area contributed by atoms with E-state index in [2.05, 4.69) is 25.6 Å². The molecular weight excluding hydrogens is 500 g/mol. The number of fused-ring (bicyclic) bond motifs is 2. The van der Waals surface area contributed by atoms with Gasteiger partial charge in [0.15, 0.2) is 4.96 Å². The maximum Gasteiger partial charge on any atom is 0.225 e. The Kier molecular flexibility index (Phi) is 6.01. The molecule has 1 fully saturated rings. The van der Waals surface area contributed by atoms with Crippen molar-refractivity contribution < 1.29 is 15.3 Å². The van der Waals surface area contributed by atoms with E-state index in [1.807, 2.05) is 35.2 Å². The smallest absolute Gasteiger partial charge is 0.225 e. The molecule has 6 rings (SSSR count). The molecule has 0 radical (unpaired) electrons. The number of nitrogens with zero attached hydrogens (tertiary/aromatic N) is 6. The molecule has 1 aliphatic carbocycles. The van der Waals surface area contributed by atoms with Crippen LogP contribution in [0.1, 0.15) is 17.8 Å². The highest BCUT2D eigenvalue weighted by Crippen LogP contribution is 2.38. The Labute approximate surface area is 213 Å². The minimum Gasteiger partial charge on any atom is -0.396 e.